The van der Waals surface area contributed by atoms with Gasteiger partial charge in [-0.1, -0.05) is 6.08 Å². The molecule has 1 aromatic rings. The third-order valence-corrected chi connectivity index (χ3v) is 1.83. The van der Waals surface area contributed by atoms with Crippen molar-refractivity contribution in [2.45, 2.75) is 6.05 Å². The van der Waals surface area contributed by atoms with Crippen LogP contribution in [0.15, 0.2) is 36.2 Å². The fourth-order valence-electron chi connectivity index (χ4n) is 1.02. The molecule has 0 aromatic carbocycles. The molecule has 19 heavy (non-hydrogen) atoms. The van der Waals surface area contributed by atoms with Crippen molar-refractivity contribution in [2.24, 2.45) is 0 Å². The first-order chi connectivity index (χ1) is 8.84. The fraction of sp³-hybridized carbons (Fsp3) is 0.182. The molecule has 1 aliphatic rings. The minimum absolute atomic E-state index is 0.0764. The van der Waals surface area contributed by atoms with Crippen molar-refractivity contribution in [3.8, 4) is 0 Å². The van der Waals surface area contributed by atoms with Crippen LogP contribution in [0.5, 0.6) is 0 Å². The predicted octanol–water partition coefficient (Wildman–Crippen LogP) is 2.73. The monoisotopic (exact) mass is 280 g/mol. The number of hydrogen-bond acceptors (Lipinski definition) is 3. The zero-order valence-electron chi connectivity index (χ0n) is 9.63. The van der Waals surface area contributed by atoms with Gasteiger partial charge in [-0.2, -0.15) is 22.5 Å². The predicted molar refractivity (Wildman–Crippen MR) is 56.4 cm³/mol. The van der Waals surface area contributed by atoms with Gasteiger partial charge in [-0.05, 0) is 18.2 Å². The molecule has 1 aromatic heterocycles. The van der Waals surface area contributed by atoms with Gasteiger partial charge < -0.3 is 4.74 Å². The normalized spacial score (nSPS) is 15.8. The van der Waals surface area contributed by atoms with E-state index in [1.54, 1.807) is 0 Å². The molecule has 0 saturated heterocycles. The van der Waals surface area contributed by atoms with Crippen LogP contribution in [0.25, 0.3) is 0 Å². The molecule has 0 aliphatic carbocycles. The van der Waals surface area contributed by atoms with E-state index in [2.05, 4.69) is 9.72 Å². The van der Waals surface area contributed by atoms with Gasteiger partial charge >= 0.3 is 6.05 Å². The van der Waals surface area contributed by atoms with E-state index in [0.717, 1.165) is 12.1 Å². The van der Waals surface area contributed by atoms with Gasteiger partial charge in [0.05, 0.1) is 7.11 Å². The Balaban J connectivity index is 0.000000191. The first kappa shape index (κ1) is 14.9. The van der Waals surface area contributed by atoms with Crippen molar-refractivity contribution in [1.82, 2.24) is 10.3 Å². The van der Waals surface area contributed by atoms with Crippen LogP contribution in [-0.2, 0) is 4.74 Å². The number of hydrogen-bond donors (Lipinski definition) is 1. The first-order valence-electron chi connectivity index (χ1n) is 4.91. The van der Waals surface area contributed by atoms with Crippen LogP contribution in [0.3, 0.4) is 0 Å². The molecule has 0 unspecified atom stereocenters. The van der Waals surface area contributed by atoms with E-state index in [1.807, 2.05) is 5.32 Å². The summed E-state index contributed by atoms with van der Waals surface area (Å²) in [6, 6.07) is -1.55. The molecule has 0 radical (unpaired) electrons. The summed E-state index contributed by atoms with van der Waals surface area (Å²) in [7, 11) is 1.33. The highest BCUT2D eigenvalue weighted by molar-refractivity contribution is 5.16. The lowest BCUT2D eigenvalue weighted by atomic mass is 10.3. The molecule has 1 aliphatic heterocycles. The van der Waals surface area contributed by atoms with Crippen molar-refractivity contribution in [3.05, 3.63) is 54.0 Å². The van der Waals surface area contributed by atoms with E-state index >= 15 is 0 Å². The number of methoxy groups -OCH3 is 1. The molecule has 0 atom stereocenters. The zero-order chi connectivity index (χ0) is 14.5. The largest absolute Gasteiger partial charge is 0.482 e. The molecule has 0 spiro atoms. The quantitative estimate of drug-likeness (QED) is 0.488. The summed E-state index contributed by atoms with van der Waals surface area (Å²) in [6.07, 6.45) is 3.43. The van der Waals surface area contributed by atoms with Gasteiger partial charge in [0.15, 0.2) is 11.7 Å². The molecule has 1 N–H and O–H groups in total. The molecule has 8 heteroatoms. The van der Waals surface area contributed by atoms with E-state index in [4.69, 9.17) is 0 Å². The maximum absolute atomic E-state index is 12.3. The lowest BCUT2D eigenvalue weighted by molar-refractivity contribution is 0.00745. The molecule has 0 fully saturated rings. The van der Waals surface area contributed by atoms with Gasteiger partial charge in [0.25, 0.3) is 5.95 Å². The Hall–Kier alpha value is -2.12. The summed E-state index contributed by atoms with van der Waals surface area (Å²) in [5.74, 6) is -3.49. The number of rotatable bonds is 1. The third-order valence-electron chi connectivity index (χ3n) is 1.83. The first-order valence-corrected chi connectivity index (χ1v) is 4.91. The minimum atomic E-state index is -2.97. The van der Waals surface area contributed by atoms with E-state index in [9.17, 15) is 22.0 Å². The number of nitrogens with zero attached hydrogens (tertiary/aromatic N) is 1. The van der Waals surface area contributed by atoms with Crippen molar-refractivity contribution in [1.29, 1.82) is 0 Å². The van der Waals surface area contributed by atoms with Crippen molar-refractivity contribution < 1.29 is 26.7 Å². The van der Waals surface area contributed by atoms with E-state index in [0.29, 0.717) is 6.07 Å². The van der Waals surface area contributed by atoms with Crippen molar-refractivity contribution in [2.75, 3.05) is 7.11 Å². The maximum atomic E-state index is 12.3. The summed E-state index contributed by atoms with van der Waals surface area (Å²) in [4.78, 5) is 2.56. The number of ether oxygens (including phenoxy) is 1. The highest BCUT2D eigenvalue weighted by atomic mass is 19.3. The second-order valence-electron chi connectivity index (χ2n) is 3.25. The fourth-order valence-corrected chi connectivity index (χ4v) is 1.02. The molecule has 2 heterocycles. The van der Waals surface area contributed by atoms with Crippen molar-refractivity contribution >= 4 is 0 Å². The Labute approximate surface area is 105 Å². The molecule has 0 amide bonds. The van der Waals surface area contributed by atoms with Gasteiger partial charge in [-0.15, -0.1) is 0 Å². The molecule has 3 nitrogen and oxygen atoms in total. The van der Waals surface area contributed by atoms with Gasteiger partial charge in [0.1, 0.15) is 0 Å². The van der Waals surface area contributed by atoms with Gasteiger partial charge in [-0.3, -0.25) is 5.32 Å². The van der Waals surface area contributed by atoms with Crippen LogP contribution < -0.4 is 5.32 Å². The maximum Gasteiger partial charge on any atom is 0.346 e. The summed E-state index contributed by atoms with van der Waals surface area (Å²) in [5, 5.41) is 1.86. The second kappa shape index (κ2) is 6.17. The molecule has 0 bridgehead atoms. The Morgan fingerprint density at radius 1 is 1.21 bits per heavy atom. The number of halogens is 5. The third kappa shape index (κ3) is 4.94. The molecular weight excluding hydrogens is 271 g/mol. The Morgan fingerprint density at radius 3 is 2.32 bits per heavy atom. The van der Waals surface area contributed by atoms with Gasteiger partial charge in [0, 0.05) is 6.08 Å². The van der Waals surface area contributed by atoms with Gasteiger partial charge in [0.2, 0.25) is 5.95 Å². The van der Waals surface area contributed by atoms with Crippen LogP contribution >= 0.6 is 0 Å². The van der Waals surface area contributed by atoms with E-state index in [1.165, 1.54) is 19.3 Å². The summed E-state index contributed by atoms with van der Waals surface area (Å²) in [6.45, 7) is 0. The number of allylic oxidation sites excluding steroid dienone is 2. The number of aromatic nitrogens is 1. The standard InChI is InChI=1S/C6H7F2NO.C5H2F3N/c1-10-5-3-2-4-6(7,8)9-5;6-3-1-2-4(7)9-5(3)8/h2-4,9H,1H3;1-2H. The Bertz CT molecular complexity index is 502. The summed E-state index contributed by atoms with van der Waals surface area (Å²) < 4.78 is 64.8. The Kier molecular flexibility index (Phi) is 4.85. The highest BCUT2D eigenvalue weighted by Crippen LogP contribution is 2.16. The Morgan fingerprint density at radius 2 is 1.89 bits per heavy atom. The summed E-state index contributed by atoms with van der Waals surface area (Å²) >= 11 is 0. The van der Waals surface area contributed by atoms with Crippen LogP contribution in [0.4, 0.5) is 22.0 Å². The van der Waals surface area contributed by atoms with E-state index in [-0.39, 0.29) is 5.88 Å². The molecule has 104 valence electrons. The number of pyridine rings is 1. The van der Waals surface area contributed by atoms with Crippen LogP contribution in [0.1, 0.15) is 0 Å². The minimum Gasteiger partial charge on any atom is -0.482 e. The zero-order valence-corrected chi connectivity index (χ0v) is 9.63. The highest BCUT2D eigenvalue weighted by Gasteiger charge is 2.27. The van der Waals surface area contributed by atoms with Crippen LogP contribution in [0, 0.1) is 17.7 Å². The van der Waals surface area contributed by atoms with Gasteiger partial charge in [-0.25, -0.2) is 4.39 Å². The van der Waals surface area contributed by atoms with E-state index < -0.39 is 23.8 Å². The number of dihydropyridines is 1. The average Bonchev–Trinajstić information content (AvgIpc) is 2.34. The second-order valence-corrected chi connectivity index (χ2v) is 3.25. The van der Waals surface area contributed by atoms with Crippen LogP contribution in [-0.4, -0.2) is 18.1 Å². The SMILES string of the molecule is COC1=CC=CC(F)(F)N1.Fc1ccc(F)c(F)n1. The summed E-state index contributed by atoms with van der Waals surface area (Å²) in [5.41, 5.74) is 0. The molecular formula is C11H9F5N2O. The lowest BCUT2D eigenvalue weighted by Crippen LogP contribution is -2.35. The van der Waals surface area contributed by atoms with Crippen LogP contribution in [0.2, 0.25) is 0 Å². The lowest BCUT2D eigenvalue weighted by Gasteiger charge is -2.18. The topological polar surface area (TPSA) is 34.1 Å². The van der Waals surface area contributed by atoms with Crippen molar-refractivity contribution in [3.63, 3.8) is 0 Å². The average molecular weight is 280 g/mol. The number of alkyl halides is 2. The molecule has 2 rings (SSSR count). The number of nitrogens with one attached hydrogen (secondary N) is 1. The molecule has 0 saturated carbocycles. The smallest absolute Gasteiger partial charge is 0.346 e.